The molecule has 0 radical (unpaired) electrons. The summed E-state index contributed by atoms with van der Waals surface area (Å²) in [6.45, 7) is 14.7. The number of methoxy groups -OCH3 is 1. The molecule has 6 nitrogen and oxygen atoms in total. The van der Waals surface area contributed by atoms with Crippen molar-refractivity contribution in [1.29, 1.82) is 0 Å². The van der Waals surface area contributed by atoms with Crippen molar-refractivity contribution >= 4 is 12.0 Å². The van der Waals surface area contributed by atoms with Crippen LogP contribution in [0.2, 0.25) is 0 Å². The second-order valence-electron chi connectivity index (χ2n) is 9.45. The van der Waals surface area contributed by atoms with Crippen LogP contribution in [-0.2, 0) is 11.4 Å². The molecule has 1 heterocycles. The third kappa shape index (κ3) is 6.94. The standard InChI is InChI=1S/C24H34N2O4/c1-16-19(17(2)30-26-16)14-29-20-11-9-18(13-21(20)28-8)10-12-22(27)25-24(6,7)15-23(3,4)5/h9-13H,14-15H2,1-8H3,(H,25,27). The third-order valence-electron chi connectivity index (χ3n) is 4.60. The van der Waals surface area contributed by atoms with Gasteiger partial charge in [0.25, 0.3) is 0 Å². The van der Waals surface area contributed by atoms with E-state index in [0.29, 0.717) is 18.1 Å². The SMILES string of the molecule is COc1cc(C=CC(=O)NC(C)(C)CC(C)(C)C)ccc1OCc1c(C)noc1C. The zero-order valence-electron chi connectivity index (χ0n) is 19.4. The van der Waals surface area contributed by atoms with Crippen LogP contribution in [-0.4, -0.2) is 23.7 Å². The van der Waals surface area contributed by atoms with Crippen LogP contribution in [0.3, 0.4) is 0 Å². The highest BCUT2D eigenvalue weighted by Gasteiger charge is 2.26. The summed E-state index contributed by atoms with van der Waals surface area (Å²) in [5.41, 5.74) is 2.43. The van der Waals surface area contributed by atoms with Crippen LogP contribution < -0.4 is 14.8 Å². The Kier molecular flexibility index (Phi) is 7.34. The van der Waals surface area contributed by atoms with Crippen molar-refractivity contribution in [2.75, 3.05) is 7.11 Å². The van der Waals surface area contributed by atoms with E-state index in [-0.39, 0.29) is 16.9 Å². The molecule has 1 amide bonds. The topological polar surface area (TPSA) is 73.6 Å². The summed E-state index contributed by atoms with van der Waals surface area (Å²) in [6.07, 6.45) is 4.19. The second-order valence-corrected chi connectivity index (χ2v) is 9.45. The van der Waals surface area contributed by atoms with Gasteiger partial charge in [-0.05, 0) is 63.3 Å². The molecule has 30 heavy (non-hydrogen) atoms. The molecule has 2 rings (SSSR count). The summed E-state index contributed by atoms with van der Waals surface area (Å²) in [5.74, 6) is 1.83. The molecule has 0 saturated heterocycles. The van der Waals surface area contributed by atoms with Crippen LogP contribution in [0, 0.1) is 19.3 Å². The van der Waals surface area contributed by atoms with E-state index in [0.717, 1.165) is 29.0 Å². The van der Waals surface area contributed by atoms with E-state index >= 15 is 0 Å². The smallest absolute Gasteiger partial charge is 0.244 e. The second kappa shape index (κ2) is 9.37. The lowest BCUT2D eigenvalue weighted by Gasteiger charge is -2.32. The molecular formula is C24H34N2O4. The van der Waals surface area contributed by atoms with Gasteiger partial charge < -0.3 is 19.3 Å². The summed E-state index contributed by atoms with van der Waals surface area (Å²) >= 11 is 0. The quantitative estimate of drug-likeness (QED) is 0.599. The van der Waals surface area contributed by atoms with Gasteiger partial charge in [0.1, 0.15) is 12.4 Å². The van der Waals surface area contributed by atoms with Crippen LogP contribution in [0.4, 0.5) is 0 Å². The first-order valence-corrected chi connectivity index (χ1v) is 10.1. The first kappa shape index (κ1) is 23.5. The Bertz CT molecular complexity index is 885. The van der Waals surface area contributed by atoms with Crippen LogP contribution in [0.1, 0.15) is 63.6 Å². The Labute approximate surface area is 179 Å². The summed E-state index contributed by atoms with van der Waals surface area (Å²) in [6, 6.07) is 5.56. The van der Waals surface area contributed by atoms with Crippen molar-refractivity contribution in [2.45, 2.75) is 67.0 Å². The largest absolute Gasteiger partial charge is 0.493 e. The van der Waals surface area contributed by atoms with Gasteiger partial charge in [0.15, 0.2) is 11.5 Å². The lowest BCUT2D eigenvalue weighted by atomic mass is 9.82. The molecule has 164 valence electrons. The highest BCUT2D eigenvalue weighted by atomic mass is 16.5. The summed E-state index contributed by atoms with van der Waals surface area (Å²) in [7, 11) is 1.59. The van der Waals surface area contributed by atoms with E-state index in [1.54, 1.807) is 19.3 Å². The van der Waals surface area contributed by atoms with Crippen LogP contribution in [0.15, 0.2) is 28.8 Å². The number of hydrogen-bond donors (Lipinski definition) is 1. The summed E-state index contributed by atoms with van der Waals surface area (Å²) in [5, 5.41) is 7.01. The van der Waals surface area contributed by atoms with E-state index in [9.17, 15) is 4.79 Å². The molecule has 6 heteroatoms. The van der Waals surface area contributed by atoms with Gasteiger partial charge in [-0.3, -0.25) is 4.79 Å². The average Bonchev–Trinajstić information content (AvgIpc) is 2.94. The Balaban J connectivity index is 2.04. The molecule has 0 fully saturated rings. The number of nitrogens with zero attached hydrogens (tertiary/aromatic N) is 1. The van der Waals surface area contributed by atoms with Gasteiger partial charge in [0.2, 0.25) is 5.91 Å². The first-order valence-electron chi connectivity index (χ1n) is 10.1. The Morgan fingerprint density at radius 2 is 1.87 bits per heavy atom. The van der Waals surface area contributed by atoms with Gasteiger partial charge in [0, 0.05) is 11.6 Å². The number of rotatable bonds is 8. The minimum Gasteiger partial charge on any atom is -0.493 e. The fourth-order valence-corrected chi connectivity index (χ4v) is 3.68. The number of benzene rings is 1. The minimum atomic E-state index is -0.284. The molecule has 1 aromatic carbocycles. The number of amides is 1. The van der Waals surface area contributed by atoms with E-state index in [1.807, 2.05) is 45.9 Å². The molecule has 0 aliphatic heterocycles. The van der Waals surface area contributed by atoms with Crippen LogP contribution in [0.5, 0.6) is 11.5 Å². The molecule has 0 saturated carbocycles. The molecule has 0 bridgehead atoms. The molecule has 0 unspecified atom stereocenters. The zero-order chi connectivity index (χ0) is 22.5. The number of aryl methyl sites for hydroxylation is 2. The number of aromatic nitrogens is 1. The van der Waals surface area contributed by atoms with Gasteiger partial charge in [0.05, 0.1) is 18.4 Å². The van der Waals surface area contributed by atoms with Crippen molar-refractivity contribution in [3.8, 4) is 11.5 Å². The monoisotopic (exact) mass is 414 g/mol. The summed E-state index contributed by atoms with van der Waals surface area (Å²) < 4.78 is 16.5. The number of nitrogens with one attached hydrogen (secondary N) is 1. The minimum absolute atomic E-state index is 0.123. The number of carbonyl (C=O) groups is 1. The first-order chi connectivity index (χ1) is 13.9. The maximum atomic E-state index is 12.4. The van der Waals surface area contributed by atoms with E-state index in [2.05, 4.69) is 31.2 Å². The Morgan fingerprint density at radius 1 is 1.17 bits per heavy atom. The predicted molar refractivity (Wildman–Crippen MR) is 119 cm³/mol. The van der Waals surface area contributed by atoms with Crippen molar-refractivity contribution in [3.05, 3.63) is 46.9 Å². The van der Waals surface area contributed by atoms with Crippen molar-refractivity contribution < 1.29 is 18.8 Å². The highest BCUT2D eigenvalue weighted by Crippen LogP contribution is 2.30. The average molecular weight is 415 g/mol. The Hall–Kier alpha value is -2.76. The fourth-order valence-electron chi connectivity index (χ4n) is 3.68. The molecule has 0 aliphatic carbocycles. The van der Waals surface area contributed by atoms with Gasteiger partial charge in [-0.25, -0.2) is 0 Å². The molecular weight excluding hydrogens is 380 g/mol. The Morgan fingerprint density at radius 3 is 2.43 bits per heavy atom. The highest BCUT2D eigenvalue weighted by molar-refractivity contribution is 5.92. The van der Waals surface area contributed by atoms with E-state index in [4.69, 9.17) is 14.0 Å². The molecule has 1 N–H and O–H groups in total. The molecule has 0 atom stereocenters. The van der Waals surface area contributed by atoms with E-state index < -0.39 is 0 Å². The van der Waals surface area contributed by atoms with Gasteiger partial charge in [-0.1, -0.05) is 32.0 Å². The lowest BCUT2D eigenvalue weighted by molar-refractivity contribution is -0.118. The maximum absolute atomic E-state index is 12.4. The van der Waals surface area contributed by atoms with E-state index in [1.165, 1.54) is 0 Å². The predicted octanol–water partition coefficient (Wildman–Crippen LogP) is 5.22. The zero-order valence-corrected chi connectivity index (χ0v) is 19.4. The molecule has 0 spiro atoms. The number of carbonyl (C=O) groups excluding carboxylic acids is 1. The molecule has 2 aromatic rings. The van der Waals surface area contributed by atoms with Gasteiger partial charge >= 0.3 is 0 Å². The lowest BCUT2D eigenvalue weighted by Crippen LogP contribution is -2.45. The van der Waals surface area contributed by atoms with Crippen molar-refractivity contribution in [1.82, 2.24) is 10.5 Å². The molecule has 1 aromatic heterocycles. The molecule has 0 aliphatic rings. The van der Waals surface area contributed by atoms with Crippen LogP contribution in [0.25, 0.3) is 6.08 Å². The van der Waals surface area contributed by atoms with Crippen LogP contribution >= 0.6 is 0 Å². The maximum Gasteiger partial charge on any atom is 0.244 e. The van der Waals surface area contributed by atoms with Crippen molar-refractivity contribution in [3.63, 3.8) is 0 Å². The van der Waals surface area contributed by atoms with Gasteiger partial charge in [-0.15, -0.1) is 0 Å². The number of ether oxygens (including phenoxy) is 2. The van der Waals surface area contributed by atoms with Gasteiger partial charge in [-0.2, -0.15) is 0 Å². The third-order valence-corrected chi connectivity index (χ3v) is 4.60. The summed E-state index contributed by atoms with van der Waals surface area (Å²) in [4.78, 5) is 12.4. The normalized spacial score (nSPS) is 12.3. The van der Waals surface area contributed by atoms with Crippen molar-refractivity contribution in [2.24, 2.45) is 5.41 Å². The fraction of sp³-hybridized carbons (Fsp3) is 0.500. The number of hydrogen-bond acceptors (Lipinski definition) is 5.